The van der Waals surface area contributed by atoms with E-state index in [0.717, 1.165) is 0 Å². The Labute approximate surface area is 180 Å². The third-order valence-electron chi connectivity index (χ3n) is 6.28. The Morgan fingerprint density at radius 1 is 1.45 bits per heavy atom. The van der Waals surface area contributed by atoms with Gasteiger partial charge in [0, 0.05) is 17.8 Å². The van der Waals surface area contributed by atoms with E-state index in [9.17, 15) is 18.0 Å². The van der Waals surface area contributed by atoms with E-state index in [2.05, 4.69) is 27.3 Å². The molecule has 4 aliphatic rings. The minimum Gasteiger partial charge on any atom is -0.497 e. The summed E-state index contributed by atoms with van der Waals surface area (Å²) >= 11 is 0. The summed E-state index contributed by atoms with van der Waals surface area (Å²) in [6, 6.07) is -0.0479. The molecule has 0 spiro atoms. The minimum absolute atomic E-state index is 0.342. The highest BCUT2D eigenvalue weighted by molar-refractivity contribution is 7.90. The molecule has 1 saturated carbocycles. The summed E-state index contributed by atoms with van der Waals surface area (Å²) < 4.78 is 32.3. The van der Waals surface area contributed by atoms with Crippen molar-refractivity contribution in [3.63, 3.8) is 0 Å². The van der Waals surface area contributed by atoms with Gasteiger partial charge in [-0.15, -0.1) is 0 Å². The Bertz CT molecular complexity index is 996. The highest BCUT2D eigenvalue weighted by Crippen LogP contribution is 2.45. The number of fused-ring (bicyclic) bond motifs is 1. The normalized spacial score (nSPS) is 32.8. The predicted octanol–water partition coefficient (Wildman–Crippen LogP) is -0.981. The number of dihydropyridines is 1. The van der Waals surface area contributed by atoms with E-state index in [0.29, 0.717) is 41.4 Å². The summed E-state index contributed by atoms with van der Waals surface area (Å²) in [6.45, 7) is 1.78. The van der Waals surface area contributed by atoms with E-state index in [-0.39, 0.29) is 6.04 Å². The third-order valence-corrected chi connectivity index (χ3v) is 8.61. The van der Waals surface area contributed by atoms with Crippen molar-refractivity contribution in [2.45, 2.75) is 55.1 Å². The third kappa shape index (κ3) is 3.72. The molecule has 0 aromatic rings. The molecule has 0 radical (unpaired) electrons. The van der Waals surface area contributed by atoms with Gasteiger partial charge in [0.2, 0.25) is 15.9 Å². The number of carbonyl (C=O) groups excluding carboxylic acids is 2. The lowest BCUT2D eigenvalue weighted by Gasteiger charge is -2.43. The number of amides is 3. The molecule has 0 aromatic carbocycles. The van der Waals surface area contributed by atoms with Crippen LogP contribution in [0.3, 0.4) is 0 Å². The van der Waals surface area contributed by atoms with Crippen LogP contribution in [0.25, 0.3) is 0 Å². The highest BCUT2D eigenvalue weighted by atomic mass is 32.2. The smallest absolute Gasteiger partial charge is 0.331 e. The Hall–Kier alpha value is -2.78. The lowest BCUT2D eigenvalue weighted by molar-refractivity contribution is -0.121. The number of ether oxygens (including phenoxy) is 1. The summed E-state index contributed by atoms with van der Waals surface area (Å²) in [7, 11) is -2.52. The second kappa shape index (κ2) is 7.72. The fraction of sp³-hybridized carbons (Fsp3) is 0.632. The second-order valence-electron chi connectivity index (χ2n) is 8.30. The molecule has 4 rings (SSSR count). The number of nitrogens with zero attached hydrogens (tertiary/aromatic N) is 2. The van der Waals surface area contributed by atoms with Gasteiger partial charge in [-0.3, -0.25) is 4.79 Å². The number of nitrogens with one attached hydrogen (secondary N) is 4. The molecule has 0 bridgehead atoms. The Balaban J connectivity index is 1.49. The van der Waals surface area contributed by atoms with Crippen LogP contribution in [0.2, 0.25) is 0 Å². The summed E-state index contributed by atoms with van der Waals surface area (Å²) in [5.41, 5.74) is -0.0316. The van der Waals surface area contributed by atoms with Crippen molar-refractivity contribution in [1.29, 1.82) is 5.26 Å². The van der Waals surface area contributed by atoms with Crippen LogP contribution >= 0.6 is 0 Å². The number of methoxy groups -OCH3 is 1. The van der Waals surface area contributed by atoms with Crippen LogP contribution in [-0.4, -0.2) is 73.8 Å². The average Bonchev–Trinajstić information content (AvgIpc) is 3.50. The molecule has 4 atom stereocenters. The molecular weight excluding hydrogens is 424 g/mol. The van der Waals surface area contributed by atoms with Crippen molar-refractivity contribution < 1.29 is 22.7 Å². The zero-order chi connectivity index (χ0) is 22.4. The number of nitriles is 1. The van der Waals surface area contributed by atoms with Crippen molar-refractivity contribution in [2.75, 3.05) is 20.2 Å². The van der Waals surface area contributed by atoms with Gasteiger partial charge in [0.15, 0.2) is 0 Å². The minimum atomic E-state index is -4.01. The van der Waals surface area contributed by atoms with Crippen molar-refractivity contribution >= 4 is 22.0 Å². The number of piperidine rings is 1. The number of hydrogen-bond acceptors (Lipinski definition) is 8. The van der Waals surface area contributed by atoms with Gasteiger partial charge in [-0.25, -0.2) is 17.5 Å². The van der Waals surface area contributed by atoms with Gasteiger partial charge in [-0.1, -0.05) is 0 Å². The number of rotatable bonds is 5. The Morgan fingerprint density at radius 3 is 2.84 bits per heavy atom. The molecule has 1 aliphatic carbocycles. The molecule has 2 saturated heterocycles. The predicted molar refractivity (Wildman–Crippen MR) is 110 cm³/mol. The van der Waals surface area contributed by atoms with Crippen molar-refractivity contribution in [1.82, 2.24) is 25.6 Å². The maximum atomic E-state index is 13.1. The first-order chi connectivity index (χ1) is 14.7. The maximum absolute atomic E-state index is 13.1. The standard InChI is InChI=1S/C19H26N6O5S/c1-11-17-14(3-6-21-11)23-18(27)25(31(17,28)29)10-16(26)24-19(4-5-19)13-9-22-12(8-20)7-15(13)30-2/h7,9,11-12,14,17,21-22H,3-6,10H2,1-2H3,(H,23,27)(H,24,26). The first kappa shape index (κ1) is 21.5. The van der Waals surface area contributed by atoms with E-state index >= 15 is 0 Å². The van der Waals surface area contributed by atoms with Gasteiger partial charge in [0.1, 0.15) is 23.6 Å². The van der Waals surface area contributed by atoms with Crippen molar-refractivity contribution in [3.8, 4) is 6.07 Å². The second-order valence-corrected chi connectivity index (χ2v) is 10.3. The Morgan fingerprint density at radius 2 is 2.19 bits per heavy atom. The molecule has 31 heavy (non-hydrogen) atoms. The van der Waals surface area contributed by atoms with Gasteiger partial charge in [-0.05, 0) is 38.8 Å². The van der Waals surface area contributed by atoms with Crippen LogP contribution in [0.1, 0.15) is 26.2 Å². The lowest BCUT2D eigenvalue weighted by Crippen LogP contribution is -2.70. The largest absolute Gasteiger partial charge is 0.497 e. The van der Waals surface area contributed by atoms with E-state index in [1.165, 1.54) is 7.11 Å². The average molecular weight is 451 g/mol. The molecule has 3 amide bonds. The van der Waals surface area contributed by atoms with E-state index in [1.54, 1.807) is 19.2 Å². The van der Waals surface area contributed by atoms with Gasteiger partial charge >= 0.3 is 6.03 Å². The molecule has 4 unspecified atom stereocenters. The zero-order valence-corrected chi connectivity index (χ0v) is 18.2. The molecule has 0 aromatic heterocycles. The van der Waals surface area contributed by atoms with Crippen LogP contribution < -0.4 is 21.3 Å². The number of carbonyl (C=O) groups is 2. The van der Waals surface area contributed by atoms with E-state index in [4.69, 9.17) is 10.00 Å². The zero-order valence-electron chi connectivity index (χ0n) is 17.3. The van der Waals surface area contributed by atoms with Crippen molar-refractivity contribution in [3.05, 3.63) is 23.6 Å². The molecule has 11 nitrogen and oxygen atoms in total. The number of hydrogen-bond donors (Lipinski definition) is 4. The monoisotopic (exact) mass is 450 g/mol. The fourth-order valence-electron chi connectivity index (χ4n) is 4.55. The van der Waals surface area contributed by atoms with Gasteiger partial charge in [0.05, 0.1) is 24.8 Å². The number of sulfonamides is 1. The SMILES string of the molecule is COC1=CC(C#N)NC=C1C1(NC(=O)CN2C(=O)NC3CCNC(C)C3S2(=O)=O)CC1. The fourth-order valence-corrected chi connectivity index (χ4v) is 6.66. The molecule has 4 N–H and O–H groups in total. The number of urea groups is 1. The highest BCUT2D eigenvalue weighted by Gasteiger charge is 2.53. The topological polar surface area (TPSA) is 153 Å². The van der Waals surface area contributed by atoms with Gasteiger partial charge in [0.25, 0.3) is 0 Å². The molecule has 12 heteroatoms. The van der Waals surface area contributed by atoms with Crippen LogP contribution in [-0.2, 0) is 19.6 Å². The summed E-state index contributed by atoms with van der Waals surface area (Å²) in [4.78, 5) is 25.3. The summed E-state index contributed by atoms with van der Waals surface area (Å²) in [5.74, 6) is -0.0961. The molecule has 3 fully saturated rings. The van der Waals surface area contributed by atoms with E-state index < -0.39 is 51.4 Å². The van der Waals surface area contributed by atoms with Crippen LogP contribution in [0.15, 0.2) is 23.6 Å². The van der Waals surface area contributed by atoms with Gasteiger partial charge in [-0.2, -0.15) is 5.26 Å². The molecule has 168 valence electrons. The molecule has 3 aliphatic heterocycles. The van der Waals surface area contributed by atoms with Crippen molar-refractivity contribution in [2.24, 2.45) is 0 Å². The molecular formula is C19H26N6O5S. The lowest BCUT2D eigenvalue weighted by atomic mass is 9.99. The maximum Gasteiger partial charge on any atom is 0.331 e. The summed E-state index contributed by atoms with van der Waals surface area (Å²) in [5, 5.41) is 19.9. The van der Waals surface area contributed by atoms with Crippen LogP contribution in [0.4, 0.5) is 4.79 Å². The first-order valence-corrected chi connectivity index (χ1v) is 11.7. The first-order valence-electron chi connectivity index (χ1n) is 10.2. The van der Waals surface area contributed by atoms with E-state index in [1.807, 2.05) is 0 Å². The Kier molecular flexibility index (Phi) is 5.35. The molecule has 3 heterocycles. The van der Waals surface area contributed by atoms with Crippen LogP contribution in [0.5, 0.6) is 0 Å². The summed E-state index contributed by atoms with van der Waals surface area (Å²) in [6.07, 6.45) is 5.05. The van der Waals surface area contributed by atoms with Gasteiger partial charge < -0.3 is 26.0 Å². The van der Waals surface area contributed by atoms with Crippen LogP contribution in [0, 0.1) is 11.3 Å². The quantitative estimate of drug-likeness (QED) is 0.417.